The Balaban J connectivity index is 1.16. The van der Waals surface area contributed by atoms with Crippen molar-refractivity contribution >= 4 is 84.6 Å². The third kappa shape index (κ3) is 3.92. The van der Waals surface area contributed by atoms with Crippen molar-refractivity contribution in [3.8, 4) is 56.4 Å². The molecule has 0 atom stereocenters. The van der Waals surface area contributed by atoms with Crippen LogP contribution in [0, 0.1) is 0 Å². The Morgan fingerprint density at radius 1 is 0.308 bits per heavy atom. The molecule has 52 heavy (non-hydrogen) atoms. The normalized spacial score (nSPS) is 12.2. The first-order valence-corrected chi connectivity index (χ1v) is 19.1. The van der Waals surface area contributed by atoms with Crippen LogP contribution in [0.25, 0.3) is 118 Å². The van der Waals surface area contributed by atoms with Gasteiger partial charge in [-0.15, -0.1) is 22.7 Å². The molecule has 5 heteroatoms. The lowest BCUT2D eigenvalue weighted by molar-refractivity contribution is 1.08. The minimum Gasteiger partial charge on any atom is -0.208 e. The van der Waals surface area contributed by atoms with Crippen molar-refractivity contribution in [2.24, 2.45) is 0 Å². The largest absolute Gasteiger partial charge is 0.208 e. The summed E-state index contributed by atoms with van der Waals surface area (Å²) in [5.74, 6) is 2.04. The summed E-state index contributed by atoms with van der Waals surface area (Å²) >= 11 is 3.68. The van der Waals surface area contributed by atoms with Crippen LogP contribution in [-0.4, -0.2) is 15.0 Å². The van der Waals surface area contributed by atoms with E-state index in [-0.39, 0.29) is 0 Å². The van der Waals surface area contributed by atoms with E-state index >= 15 is 0 Å². The fraction of sp³-hybridized carbons (Fsp3) is 0. The van der Waals surface area contributed by atoms with Gasteiger partial charge in [0.25, 0.3) is 0 Å². The first-order valence-electron chi connectivity index (χ1n) is 17.4. The van der Waals surface area contributed by atoms with Crippen LogP contribution in [0.1, 0.15) is 0 Å². The van der Waals surface area contributed by atoms with Crippen LogP contribution < -0.4 is 0 Å². The lowest BCUT2D eigenvalue weighted by Crippen LogP contribution is -2.01. The maximum Gasteiger partial charge on any atom is 0.164 e. The van der Waals surface area contributed by atoms with Gasteiger partial charge in [-0.05, 0) is 56.4 Å². The SMILES string of the molecule is c1ccc2c(-c3nc(-c4cccc5sc6ccccc6c45)nc(-c4cccc5sc6c7c(ccc6c45)-c4cccc5cccc-7c45)n3)cccc2c1. The molecule has 0 fully saturated rings. The van der Waals surface area contributed by atoms with E-state index < -0.39 is 0 Å². The molecule has 12 rings (SSSR count). The molecular weight excluding hydrogens is 671 g/mol. The van der Waals surface area contributed by atoms with Crippen molar-refractivity contribution in [3.63, 3.8) is 0 Å². The molecular formula is C47H25N3S2. The van der Waals surface area contributed by atoms with Gasteiger partial charge in [0.1, 0.15) is 0 Å². The van der Waals surface area contributed by atoms with Crippen molar-refractivity contribution in [1.29, 1.82) is 0 Å². The standard InChI is InChI=1S/C47H25N3S2/c1-2-14-28-26(10-1)11-5-17-31(28)45-48-46(35-19-8-22-38-41(35)32-15-3-4-21-37(32)51-38)50-47(49-45)36-20-9-23-39-42(36)34-25-24-30-29-16-6-12-27-13-7-18-33(40(27)29)43(30)44(34)52-39/h1-25H. The van der Waals surface area contributed by atoms with Gasteiger partial charge in [0.2, 0.25) is 0 Å². The maximum atomic E-state index is 5.38. The quantitative estimate of drug-likeness (QED) is 0.185. The fourth-order valence-electron chi connectivity index (χ4n) is 8.46. The molecule has 11 aromatic rings. The van der Waals surface area contributed by atoms with Crippen LogP contribution in [0.2, 0.25) is 0 Å². The number of nitrogens with zero attached hydrogens (tertiary/aromatic N) is 3. The van der Waals surface area contributed by atoms with Gasteiger partial charge >= 0.3 is 0 Å². The second-order valence-electron chi connectivity index (χ2n) is 13.5. The first kappa shape index (κ1) is 28.4. The molecule has 0 spiro atoms. The van der Waals surface area contributed by atoms with E-state index in [1.807, 2.05) is 22.7 Å². The van der Waals surface area contributed by atoms with Gasteiger partial charge in [-0.2, -0.15) is 0 Å². The highest BCUT2D eigenvalue weighted by Crippen LogP contribution is 2.53. The summed E-state index contributed by atoms with van der Waals surface area (Å²) in [6.45, 7) is 0. The van der Waals surface area contributed by atoms with Gasteiger partial charge in [-0.25, -0.2) is 15.0 Å². The summed E-state index contributed by atoms with van der Waals surface area (Å²) in [4.78, 5) is 16.0. The molecule has 3 nitrogen and oxygen atoms in total. The molecule has 0 bridgehead atoms. The Labute approximate surface area is 306 Å². The van der Waals surface area contributed by atoms with Crippen molar-refractivity contribution in [2.45, 2.75) is 0 Å². The minimum absolute atomic E-state index is 0.674. The third-order valence-electron chi connectivity index (χ3n) is 10.7. The first-order chi connectivity index (χ1) is 25.8. The summed E-state index contributed by atoms with van der Waals surface area (Å²) in [5.41, 5.74) is 8.31. The molecule has 0 radical (unpaired) electrons. The third-order valence-corrected chi connectivity index (χ3v) is 13.0. The number of fused-ring (bicyclic) bond motifs is 11. The zero-order valence-corrected chi connectivity index (χ0v) is 29.2. The van der Waals surface area contributed by atoms with Gasteiger partial charge in [0.15, 0.2) is 17.5 Å². The summed E-state index contributed by atoms with van der Waals surface area (Å²) < 4.78 is 5.02. The molecule has 1 aliphatic carbocycles. The van der Waals surface area contributed by atoms with Crippen LogP contribution in [-0.2, 0) is 0 Å². The highest BCUT2D eigenvalue weighted by Gasteiger charge is 2.26. The second kappa shape index (κ2) is 10.6. The van der Waals surface area contributed by atoms with Crippen molar-refractivity contribution in [3.05, 3.63) is 152 Å². The van der Waals surface area contributed by atoms with Gasteiger partial charge in [-0.3, -0.25) is 0 Å². The minimum atomic E-state index is 0.674. The van der Waals surface area contributed by atoms with Gasteiger partial charge < -0.3 is 0 Å². The molecule has 0 amide bonds. The van der Waals surface area contributed by atoms with Crippen molar-refractivity contribution in [1.82, 2.24) is 15.0 Å². The smallest absolute Gasteiger partial charge is 0.164 e. The van der Waals surface area contributed by atoms with E-state index in [9.17, 15) is 0 Å². The van der Waals surface area contributed by atoms with Crippen LogP contribution >= 0.6 is 22.7 Å². The number of hydrogen-bond acceptors (Lipinski definition) is 5. The Morgan fingerprint density at radius 2 is 0.846 bits per heavy atom. The maximum absolute atomic E-state index is 5.38. The number of hydrogen-bond donors (Lipinski definition) is 0. The molecule has 0 saturated carbocycles. The van der Waals surface area contributed by atoms with E-state index in [0.29, 0.717) is 17.5 Å². The monoisotopic (exact) mass is 695 g/mol. The van der Waals surface area contributed by atoms with Crippen LogP contribution in [0.15, 0.2) is 152 Å². The van der Waals surface area contributed by atoms with Crippen molar-refractivity contribution in [2.75, 3.05) is 0 Å². The van der Waals surface area contributed by atoms with E-state index in [4.69, 9.17) is 15.0 Å². The average Bonchev–Trinajstić information content (AvgIpc) is 3.88. The van der Waals surface area contributed by atoms with E-state index in [2.05, 4.69) is 152 Å². The lowest BCUT2D eigenvalue weighted by atomic mass is 9.99. The predicted molar refractivity (Wildman–Crippen MR) is 221 cm³/mol. The Morgan fingerprint density at radius 3 is 1.63 bits per heavy atom. The molecule has 0 unspecified atom stereocenters. The highest BCUT2D eigenvalue weighted by atomic mass is 32.1. The lowest BCUT2D eigenvalue weighted by Gasteiger charge is -2.12. The molecule has 240 valence electrons. The zero-order valence-electron chi connectivity index (χ0n) is 27.6. The predicted octanol–water partition coefficient (Wildman–Crippen LogP) is 13.6. The molecule has 1 aliphatic rings. The van der Waals surface area contributed by atoms with Crippen molar-refractivity contribution < 1.29 is 0 Å². The van der Waals surface area contributed by atoms with Crippen LogP contribution in [0.4, 0.5) is 0 Å². The number of aromatic nitrogens is 3. The summed E-state index contributed by atoms with van der Waals surface area (Å²) in [6, 6.07) is 54.5. The van der Waals surface area contributed by atoms with Gasteiger partial charge in [0.05, 0.1) is 0 Å². The number of rotatable bonds is 3. The topological polar surface area (TPSA) is 38.7 Å². The highest BCUT2D eigenvalue weighted by molar-refractivity contribution is 7.26. The van der Waals surface area contributed by atoms with E-state index in [1.54, 1.807) is 0 Å². The molecule has 3 heterocycles. The zero-order chi connectivity index (χ0) is 33.9. The molecule has 0 saturated heterocycles. The Kier molecular flexibility index (Phi) is 5.81. The average molecular weight is 696 g/mol. The van der Waals surface area contributed by atoms with E-state index in [1.165, 1.54) is 73.4 Å². The molecule has 0 N–H and O–H groups in total. The Hall–Kier alpha value is -6.27. The Bertz CT molecular complexity index is 3310. The number of benzene rings is 8. The fourth-order valence-corrected chi connectivity index (χ4v) is 10.9. The summed E-state index contributed by atoms with van der Waals surface area (Å²) in [7, 11) is 0. The van der Waals surface area contributed by atoms with Gasteiger partial charge in [-0.1, -0.05) is 133 Å². The van der Waals surface area contributed by atoms with E-state index in [0.717, 1.165) is 27.5 Å². The van der Waals surface area contributed by atoms with Crippen LogP contribution in [0.3, 0.4) is 0 Å². The van der Waals surface area contributed by atoms with Gasteiger partial charge in [0, 0.05) is 62.6 Å². The van der Waals surface area contributed by atoms with Crippen LogP contribution in [0.5, 0.6) is 0 Å². The molecule has 0 aliphatic heterocycles. The summed E-state index contributed by atoms with van der Waals surface area (Å²) in [5, 5.41) is 9.75. The number of thiophene rings is 2. The summed E-state index contributed by atoms with van der Waals surface area (Å²) in [6.07, 6.45) is 0. The molecule has 8 aromatic carbocycles. The molecule has 3 aromatic heterocycles. The second-order valence-corrected chi connectivity index (χ2v) is 15.6.